The third-order valence-electron chi connectivity index (χ3n) is 4.52. The molecule has 3 amide bonds. The van der Waals surface area contributed by atoms with Crippen LogP contribution in [0, 0.1) is 11.8 Å². The van der Waals surface area contributed by atoms with Crippen LogP contribution in [-0.2, 0) is 19.2 Å². The van der Waals surface area contributed by atoms with Gasteiger partial charge in [-0.3, -0.25) is 19.2 Å². The number of nitrogens with one attached hydrogen (secondary N) is 3. The first-order valence-corrected chi connectivity index (χ1v) is 8.91. The van der Waals surface area contributed by atoms with E-state index in [0.717, 1.165) is 0 Å². The van der Waals surface area contributed by atoms with Crippen LogP contribution in [0.3, 0.4) is 0 Å². The molecule has 5 atom stereocenters. The summed E-state index contributed by atoms with van der Waals surface area (Å²) in [6, 6.07) is -2.81. The lowest BCUT2D eigenvalue weighted by Crippen LogP contribution is -2.59. The van der Waals surface area contributed by atoms with Crippen molar-refractivity contribution < 1.29 is 24.3 Å². The highest BCUT2D eigenvalue weighted by atomic mass is 16.4. The maximum Gasteiger partial charge on any atom is 0.325 e. The summed E-state index contributed by atoms with van der Waals surface area (Å²) in [5.41, 5.74) is 5.30. The Morgan fingerprint density at radius 1 is 0.846 bits per heavy atom. The van der Waals surface area contributed by atoms with Gasteiger partial charge in [0.25, 0.3) is 0 Å². The lowest BCUT2D eigenvalue weighted by molar-refractivity contribution is -0.142. The summed E-state index contributed by atoms with van der Waals surface area (Å²) >= 11 is 0. The first-order chi connectivity index (χ1) is 12.1. The number of carbonyl (C=O) groups is 4. The standard InChI is InChI=1S/C17H32N4O5/c1-6-9(3)13(20-12(22)8-18)16(24)21-14(10(4)7-2)15(23)19-11(5)17(25)26/h9-11,13-14H,6-8,18H2,1-5H3,(H,19,23)(H,20,22)(H,21,24)(H,25,26). The van der Waals surface area contributed by atoms with Crippen LogP contribution in [0.25, 0.3) is 0 Å². The van der Waals surface area contributed by atoms with Crippen LogP contribution in [0.4, 0.5) is 0 Å². The van der Waals surface area contributed by atoms with Crippen molar-refractivity contribution in [1.82, 2.24) is 16.0 Å². The van der Waals surface area contributed by atoms with E-state index in [1.54, 1.807) is 6.92 Å². The summed E-state index contributed by atoms with van der Waals surface area (Å²) in [6.45, 7) is 8.44. The van der Waals surface area contributed by atoms with Gasteiger partial charge in [0.05, 0.1) is 6.54 Å². The number of hydrogen-bond donors (Lipinski definition) is 5. The maximum atomic E-state index is 12.7. The summed E-state index contributed by atoms with van der Waals surface area (Å²) in [7, 11) is 0. The number of carbonyl (C=O) groups excluding carboxylic acids is 3. The van der Waals surface area contributed by atoms with Crippen molar-refractivity contribution in [2.24, 2.45) is 17.6 Å². The second-order valence-electron chi connectivity index (χ2n) is 6.58. The summed E-state index contributed by atoms with van der Waals surface area (Å²) in [6.07, 6.45) is 1.24. The number of amides is 3. The van der Waals surface area contributed by atoms with Gasteiger partial charge in [0.1, 0.15) is 18.1 Å². The van der Waals surface area contributed by atoms with E-state index in [9.17, 15) is 19.2 Å². The molecule has 9 nitrogen and oxygen atoms in total. The van der Waals surface area contributed by atoms with Gasteiger partial charge in [0, 0.05) is 0 Å². The Kier molecular flexibility index (Phi) is 10.5. The van der Waals surface area contributed by atoms with Crippen LogP contribution in [-0.4, -0.2) is 53.5 Å². The summed E-state index contributed by atoms with van der Waals surface area (Å²) in [5.74, 6) is -3.08. The van der Waals surface area contributed by atoms with Crippen molar-refractivity contribution in [1.29, 1.82) is 0 Å². The molecular formula is C17H32N4O5. The predicted octanol–water partition coefficient (Wildman–Crippen LogP) is -0.404. The van der Waals surface area contributed by atoms with Gasteiger partial charge in [-0.15, -0.1) is 0 Å². The molecule has 0 aliphatic carbocycles. The van der Waals surface area contributed by atoms with Crippen molar-refractivity contribution in [3.05, 3.63) is 0 Å². The molecule has 0 rings (SSSR count). The number of hydrogen-bond acceptors (Lipinski definition) is 5. The zero-order valence-electron chi connectivity index (χ0n) is 16.2. The molecular weight excluding hydrogens is 340 g/mol. The fraction of sp³-hybridized carbons (Fsp3) is 0.765. The Labute approximate surface area is 154 Å². The molecule has 0 aliphatic rings. The Balaban J connectivity index is 5.32. The second-order valence-corrected chi connectivity index (χ2v) is 6.58. The topological polar surface area (TPSA) is 151 Å². The minimum Gasteiger partial charge on any atom is -0.480 e. The molecule has 0 saturated carbocycles. The van der Waals surface area contributed by atoms with Crippen molar-refractivity contribution in [2.45, 2.75) is 65.6 Å². The van der Waals surface area contributed by atoms with Crippen LogP contribution < -0.4 is 21.7 Å². The Morgan fingerprint density at radius 3 is 1.65 bits per heavy atom. The molecule has 0 bridgehead atoms. The first kappa shape index (κ1) is 23.8. The Morgan fingerprint density at radius 2 is 1.27 bits per heavy atom. The minimum absolute atomic E-state index is 0.163. The number of rotatable bonds is 11. The Hall–Kier alpha value is -2.16. The van der Waals surface area contributed by atoms with E-state index in [0.29, 0.717) is 12.8 Å². The van der Waals surface area contributed by atoms with E-state index in [2.05, 4.69) is 16.0 Å². The molecule has 26 heavy (non-hydrogen) atoms. The van der Waals surface area contributed by atoms with E-state index in [4.69, 9.17) is 10.8 Å². The summed E-state index contributed by atoms with van der Waals surface area (Å²) < 4.78 is 0. The molecule has 0 aliphatic heterocycles. The summed E-state index contributed by atoms with van der Waals surface area (Å²) in [4.78, 5) is 47.7. The zero-order chi connectivity index (χ0) is 20.4. The van der Waals surface area contributed by atoms with Crippen molar-refractivity contribution >= 4 is 23.7 Å². The molecule has 0 saturated heterocycles. The van der Waals surface area contributed by atoms with Crippen LogP contribution in [0.15, 0.2) is 0 Å². The molecule has 9 heteroatoms. The summed E-state index contributed by atoms with van der Waals surface area (Å²) in [5, 5.41) is 16.6. The predicted molar refractivity (Wildman–Crippen MR) is 97.1 cm³/mol. The number of carboxylic acid groups (broad SMARTS) is 1. The van der Waals surface area contributed by atoms with Gasteiger partial charge in [-0.1, -0.05) is 40.5 Å². The van der Waals surface area contributed by atoms with Gasteiger partial charge < -0.3 is 26.8 Å². The average molecular weight is 372 g/mol. The third-order valence-corrected chi connectivity index (χ3v) is 4.52. The number of carboxylic acids is 1. The van der Waals surface area contributed by atoms with Gasteiger partial charge in [-0.05, 0) is 18.8 Å². The van der Waals surface area contributed by atoms with Gasteiger partial charge >= 0.3 is 5.97 Å². The second kappa shape index (κ2) is 11.5. The molecule has 5 unspecified atom stereocenters. The fourth-order valence-corrected chi connectivity index (χ4v) is 2.24. The van der Waals surface area contributed by atoms with Gasteiger partial charge in [0.2, 0.25) is 17.7 Å². The van der Waals surface area contributed by atoms with Gasteiger partial charge in [0.15, 0.2) is 0 Å². The van der Waals surface area contributed by atoms with E-state index >= 15 is 0 Å². The largest absolute Gasteiger partial charge is 0.480 e. The Bertz CT molecular complexity index is 511. The highest BCUT2D eigenvalue weighted by Crippen LogP contribution is 2.12. The first-order valence-electron chi connectivity index (χ1n) is 8.91. The minimum atomic E-state index is -1.17. The molecule has 0 heterocycles. The van der Waals surface area contributed by atoms with Crippen LogP contribution in [0.1, 0.15) is 47.5 Å². The molecule has 0 aromatic heterocycles. The molecule has 0 fully saturated rings. The SMILES string of the molecule is CCC(C)C(NC(=O)CN)C(=O)NC(C(=O)NC(C)C(=O)O)C(C)CC. The van der Waals surface area contributed by atoms with E-state index in [1.807, 2.05) is 20.8 Å². The number of aliphatic carboxylic acids is 1. The van der Waals surface area contributed by atoms with Crippen molar-refractivity contribution in [3.63, 3.8) is 0 Å². The lowest BCUT2D eigenvalue weighted by atomic mass is 9.94. The fourth-order valence-electron chi connectivity index (χ4n) is 2.24. The normalized spacial score (nSPS) is 16.5. The van der Waals surface area contributed by atoms with E-state index < -0.39 is 41.8 Å². The third kappa shape index (κ3) is 7.38. The molecule has 0 spiro atoms. The van der Waals surface area contributed by atoms with Gasteiger partial charge in [-0.2, -0.15) is 0 Å². The number of nitrogens with two attached hydrogens (primary N) is 1. The average Bonchev–Trinajstić information content (AvgIpc) is 2.61. The van der Waals surface area contributed by atoms with Crippen LogP contribution in [0.2, 0.25) is 0 Å². The monoisotopic (exact) mass is 372 g/mol. The molecule has 150 valence electrons. The zero-order valence-corrected chi connectivity index (χ0v) is 16.2. The van der Waals surface area contributed by atoms with Crippen molar-refractivity contribution in [2.75, 3.05) is 6.54 Å². The van der Waals surface area contributed by atoms with Crippen molar-refractivity contribution in [3.8, 4) is 0 Å². The van der Waals surface area contributed by atoms with Crippen LogP contribution >= 0.6 is 0 Å². The molecule has 0 radical (unpaired) electrons. The molecule has 0 aromatic rings. The smallest absolute Gasteiger partial charge is 0.325 e. The van der Waals surface area contributed by atoms with E-state index in [-0.39, 0.29) is 18.4 Å². The molecule has 0 aromatic carbocycles. The maximum absolute atomic E-state index is 12.7. The lowest BCUT2D eigenvalue weighted by Gasteiger charge is -2.29. The van der Waals surface area contributed by atoms with Crippen LogP contribution in [0.5, 0.6) is 0 Å². The highest BCUT2D eigenvalue weighted by Gasteiger charge is 2.32. The molecule has 6 N–H and O–H groups in total. The van der Waals surface area contributed by atoms with E-state index in [1.165, 1.54) is 6.92 Å². The highest BCUT2D eigenvalue weighted by molar-refractivity contribution is 5.93. The van der Waals surface area contributed by atoms with Gasteiger partial charge in [-0.25, -0.2) is 0 Å². The quantitative estimate of drug-likeness (QED) is 0.333.